The van der Waals surface area contributed by atoms with E-state index in [0.29, 0.717) is 11.5 Å². The van der Waals surface area contributed by atoms with Crippen molar-refractivity contribution in [2.24, 2.45) is 11.1 Å². The minimum Gasteiger partial charge on any atom is -0.488 e. The number of ether oxygens (including phenoxy) is 1. The van der Waals surface area contributed by atoms with E-state index in [1.807, 2.05) is 6.07 Å². The third kappa shape index (κ3) is 2.25. The van der Waals surface area contributed by atoms with Crippen LogP contribution in [0.5, 0.6) is 5.75 Å². The number of benzene rings is 1. The number of fused-ring (bicyclic) bond motifs is 1. The van der Waals surface area contributed by atoms with Crippen LogP contribution in [0.15, 0.2) is 24.3 Å². The summed E-state index contributed by atoms with van der Waals surface area (Å²) in [4.78, 5) is 2.50. The van der Waals surface area contributed by atoms with Crippen LogP contribution in [0.1, 0.15) is 18.9 Å². The molecule has 2 N–H and O–H groups in total. The lowest BCUT2D eigenvalue weighted by molar-refractivity contribution is 0.159. The van der Waals surface area contributed by atoms with E-state index in [1.54, 1.807) is 0 Å². The SMILES string of the molecule is CC1(CN)CCN(CC2Cc3ccccc3O2)C1. The number of rotatable bonds is 3. The lowest BCUT2D eigenvalue weighted by Crippen LogP contribution is -2.36. The average molecular weight is 246 g/mol. The highest BCUT2D eigenvalue weighted by molar-refractivity contribution is 5.37. The molecule has 98 valence electrons. The fourth-order valence-electron chi connectivity index (χ4n) is 3.09. The molecule has 0 spiro atoms. The summed E-state index contributed by atoms with van der Waals surface area (Å²) >= 11 is 0. The molecule has 3 heteroatoms. The van der Waals surface area contributed by atoms with Gasteiger partial charge in [0.05, 0.1) is 0 Å². The van der Waals surface area contributed by atoms with Crippen LogP contribution in [-0.2, 0) is 6.42 Å². The molecule has 18 heavy (non-hydrogen) atoms. The third-order valence-corrected chi connectivity index (χ3v) is 4.31. The first-order valence-electron chi connectivity index (χ1n) is 6.85. The van der Waals surface area contributed by atoms with E-state index in [2.05, 4.69) is 30.0 Å². The number of hydrogen-bond acceptors (Lipinski definition) is 3. The van der Waals surface area contributed by atoms with Gasteiger partial charge in [0.15, 0.2) is 0 Å². The van der Waals surface area contributed by atoms with E-state index in [4.69, 9.17) is 10.5 Å². The van der Waals surface area contributed by atoms with E-state index < -0.39 is 0 Å². The van der Waals surface area contributed by atoms with Crippen molar-refractivity contribution in [2.75, 3.05) is 26.2 Å². The van der Waals surface area contributed by atoms with Crippen LogP contribution in [0, 0.1) is 5.41 Å². The van der Waals surface area contributed by atoms with Gasteiger partial charge in [-0.2, -0.15) is 0 Å². The number of nitrogens with zero attached hydrogens (tertiary/aromatic N) is 1. The van der Waals surface area contributed by atoms with E-state index in [1.165, 1.54) is 12.0 Å². The fraction of sp³-hybridized carbons (Fsp3) is 0.600. The zero-order valence-electron chi connectivity index (χ0n) is 11.1. The van der Waals surface area contributed by atoms with Crippen molar-refractivity contribution in [2.45, 2.75) is 25.9 Å². The maximum atomic E-state index is 6.00. The molecule has 0 saturated carbocycles. The van der Waals surface area contributed by atoms with Crippen LogP contribution in [0.4, 0.5) is 0 Å². The lowest BCUT2D eigenvalue weighted by Gasteiger charge is -2.24. The quantitative estimate of drug-likeness (QED) is 0.881. The van der Waals surface area contributed by atoms with Crippen molar-refractivity contribution in [1.29, 1.82) is 0 Å². The standard InChI is InChI=1S/C15H22N2O/c1-15(10-16)6-7-17(11-15)9-13-8-12-4-2-3-5-14(12)18-13/h2-5,13H,6-11,16H2,1H3. The molecule has 1 fully saturated rings. The van der Waals surface area contributed by atoms with Gasteiger partial charge >= 0.3 is 0 Å². The monoisotopic (exact) mass is 246 g/mol. The third-order valence-electron chi connectivity index (χ3n) is 4.31. The minimum absolute atomic E-state index is 0.311. The molecule has 2 unspecified atom stereocenters. The van der Waals surface area contributed by atoms with Crippen LogP contribution in [-0.4, -0.2) is 37.2 Å². The zero-order chi connectivity index (χ0) is 12.6. The van der Waals surface area contributed by atoms with Crippen molar-refractivity contribution < 1.29 is 4.74 Å². The van der Waals surface area contributed by atoms with Crippen LogP contribution >= 0.6 is 0 Å². The highest BCUT2D eigenvalue weighted by Gasteiger charge is 2.34. The van der Waals surface area contributed by atoms with Gasteiger partial charge in [-0.05, 0) is 36.6 Å². The van der Waals surface area contributed by atoms with Crippen molar-refractivity contribution in [3.63, 3.8) is 0 Å². The van der Waals surface area contributed by atoms with Gasteiger partial charge in [-0.25, -0.2) is 0 Å². The first-order valence-corrected chi connectivity index (χ1v) is 6.85. The second-order valence-electron chi connectivity index (χ2n) is 6.05. The number of hydrogen-bond donors (Lipinski definition) is 1. The molecular formula is C15H22N2O. The Bertz CT molecular complexity index is 409. The Kier molecular flexibility index (Phi) is 3.04. The van der Waals surface area contributed by atoms with Crippen LogP contribution < -0.4 is 10.5 Å². The molecule has 3 nitrogen and oxygen atoms in total. The molecule has 0 bridgehead atoms. The molecule has 0 amide bonds. The molecule has 3 rings (SSSR count). The van der Waals surface area contributed by atoms with Crippen molar-refractivity contribution in [3.8, 4) is 5.75 Å². The summed E-state index contributed by atoms with van der Waals surface area (Å²) in [7, 11) is 0. The van der Waals surface area contributed by atoms with Gasteiger partial charge in [0.2, 0.25) is 0 Å². The molecule has 2 aliphatic heterocycles. The molecule has 2 aliphatic rings. The summed E-state index contributed by atoms with van der Waals surface area (Å²) in [5.74, 6) is 1.07. The molecular weight excluding hydrogens is 224 g/mol. The lowest BCUT2D eigenvalue weighted by atomic mass is 9.90. The largest absolute Gasteiger partial charge is 0.488 e. The van der Waals surface area contributed by atoms with Gasteiger partial charge in [0.25, 0.3) is 0 Å². The van der Waals surface area contributed by atoms with Crippen LogP contribution in [0.25, 0.3) is 0 Å². The summed E-state index contributed by atoms with van der Waals surface area (Å²) in [5, 5.41) is 0. The van der Waals surface area contributed by atoms with Crippen molar-refractivity contribution in [3.05, 3.63) is 29.8 Å². The molecule has 2 heterocycles. The second kappa shape index (κ2) is 4.56. The average Bonchev–Trinajstić information content (AvgIpc) is 2.93. The maximum absolute atomic E-state index is 6.00. The first kappa shape index (κ1) is 12.0. The zero-order valence-corrected chi connectivity index (χ0v) is 11.1. The van der Waals surface area contributed by atoms with Crippen LogP contribution in [0.2, 0.25) is 0 Å². The van der Waals surface area contributed by atoms with E-state index in [9.17, 15) is 0 Å². The normalized spacial score (nSPS) is 31.3. The summed E-state index contributed by atoms with van der Waals surface area (Å²) < 4.78 is 6.00. The van der Waals surface area contributed by atoms with E-state index >= 15 is 0 Å². The summed E-state index contributed by atoms with van der Waals surface area (Å²) in [6.45, 7) is 6.38. The van der Waals surface area contributed by atoms with E-state index in [0.717, 1.165) is 38.3 Å². The highest BCUT2D eigenvalue weighted by atomic mass is 16.5. The Labute approximate surface area is 109 Å². The Balaban J connectivity index is 1.58. The van der Waals surface area contributed by atoms with Crippen molar-refractivity contribution >= 4 is 0 Å². The Hall–Kier alpha value is -1.06. The smallest absolute Gasteiger partial charge is 0.123 e. The maximum Gasteiger partial charge on any atom is 0.123 e. The molecule has 1 aromatic rings. The molecule has 1 aromatic carbocycles. The van der Waals surface area contributed by atoms with Gasteiger partial charge in [-0.3, -0.25) is 4.90 Å². The molecule has 0 aliphatic carbocycles. The number of para-hydroxylation sites is 1. The number of nitrogens with two attached hydrogens (primary N) is 1. The Morgan fingerprint density at radius 3 is 3.00 bits per heavy atom. The van der Waals surface area contributed by atoms with E-state index in [-0.39, 0.29) is 0 Å². The Morgan fingerprint density at radius 1 is 1.44 bits per heavy atom. The fourth-order valence-corrected chi connectivity index (χ4v) is 3.09. The summed E-state index contributed by atoms with van der Waals surface area (Å²) in [6.07, 6.45) is 2.58. The topological polar surface area (TPSA) is 38.5 Å². The Morgan fingerprint density at radius 2 is 2.28 bits per heavy atom. The van der Waals surface area contributed by atoms with Crippen molar-refractivity contribution in [1.82, 2.24) is 4.90 Å². The predicted molar refractivity (Wildman–Crippen MR) is 72.8 cm³/mol. The molecule has 1 saturated heterocycles. The summed E-state index contributed by atoms with van der Waals surface area (Å²) in [5.41, 5.74) is 7.51. The minimum atomic E-state index is 0.311. The first-order chi connectivity index (χ1) is 8.68. The van der Waals surface area contributed by atoms with Gasteiger partial charge in [0, 0.05) is 19.5 Å². The van der Waals surface area contributed by atoms with Gasteiger partial charge in [-0.1, -0.05) is 25.1 Å². The highest BCUT2D eigenvalue weighted by Crippen LogP contribution is 2.32. The second-order valence-corrected chi connectivity index (χ2v) is 6.05. The molecule has 0 radical (unpaired) electrons. The van der Waals surface area contributed by atoms with Gasteiger partial charge < -0.3 is 10.5 Å². The number of likely N-dealkylation sites (tertiary alicyclic amines) is 1. The molecule has 2 atom stereocenters. The summed E-state index contributed by atoms with van der Waals surface area (Å²) in [6, 6.07) is 8.38. The predicted octanol–water partition coefficient (Wildman–Crippen LogP) is 1.66. The van der Waals surface area contributed by atoms with Gasteiger partial charge in [0.1, 0.15) is 11.9 Å². The van der Waals surface area contributed by atoms with Crippen LogP contribution in [0.3, 0.4) is 0 Å². The molecule has 0 aromatic heterocycles. The van der Waals surface area contributed by atoms with Gasteiger partial charge in [-0.15, -0.1) is 0 Å².